The molecule has 1 atom stereocenters. The maximum Gasteiger partial charge on any atom is 1.00 e. The van der Waals surface area contributed by atoms with E-state index >= 15 is 0 Å². The third-order valence-electron chi connectivity index (χ3n) is 3.13. The first-order valence-electron chi connectivity index (χ1n) is 6.75. The van der Waals surface area contributed by atoms with Crippen LogP contribution < -0.4 is 80.2 Å². The third-order valence-corrected chi connectivity index (χ3v) is 3.13. The quantitative estimate of drug-likeness (QED) is 0.390. The molecule has 0 bridgehead atoms. The maximum atomic E-state index is 11.1. The van der Waals surface area contributed by atoms with Gasteiger partial charge in [-0.05, 0) is 48.4 Å². The van der Waals surface area contributed by atoms with Crippen LogP contribution in [-0.2, 0) is 11.2 Å². The van der Waals surface area contributed by atoms with Crippen LogP contribution in [0.25, 0.3) is 0 Å². The van der Waals surface area contributed by atoms with Gasteiger partial charge in [0.2, 0.25) is 5.91 Å². The molecule has 0 aromatic heterocycles. The number of rotatable bonds is 6. The monoisotopic (exact) mass is 360 g/mol. The normalized spacial score (nSPS) is 10.6. The summed E-state index contributed by atoms with van der Waals surface area (Å²) in [4.78, 5) is 21.7. The molecular formula is C16H14N2Na2O5. The fourth-order valence-electron chi connectivity index (χ4n) is 1.90. The van der Waals surface area contributed by atoms with Crippen molar-refractivity contribution in [1.82, 2.24) is 5.48 Å². The minimum Gasteiger partial charge on any atom is -0.759 e. The Hall–Kier alpha value is -0.900. The first-order valence-corrected chi connectivity index (χ1v) is 6.75. The van der Waals surface area contributed by atoms with E-state index in [1.165, 1.54) is 17.6 Å². The van der Waals surface area contributed by atoms with E-state index in [4.69, 9.17) is 10.5 Å². The topological polar surface area (TPSA) is 128 Å². The molecule has 25 heavy (non-hydrogen) atoms. The largest absolute Gasteiger partial charge is 1.00 e. The Balaban J connectivity index is 0.00000288. The Kier molecular flexibility index (Phi) is 11.2. The van der Waals surface area contributed by atoms with Gasteiger partial charge in [-0.3, -0.25) is 4.79 Å². The summed E-state index contributed by atoms with van der Waals surface area (Å²) in [6.07, 6.45) is 0.168. The van der Waals surface area contributed by atoms with Crippen molar-refractivity contribution < 1.29 is 78.5 Å². The Bertz CT molecular complexity index is 693. The molecule has 3 N–H and O–H groups in total. The van der Waals surface area contributed by atoms with Crippen molar-refractivity contribution in [3.8, 4) is 11.5 Å². The van der Waals surface area contributed by atoms with Crippen LogP contribution in [0.15, 0.2) is 48.5 Å². The number of nitrogens with two attached hydrogens (primary N) is 1. The number of carbonyl (C=O) groups excluding carboxylic acids is 2. The SMILES string of the molecule is NC(Cc1ccc(Oc2ccc(C(=O)N[O-])cc2)cc1)C(=O)[O-].[Na+].[Na+]. The fraction of sp³-hybridized carbons (Fsp3) is 0.125. The molecule has 2 rings (SSSR count). The summed E-state index contributed by atoms with van der Waals surface area (Å²) in [5.74, 6) is -0.985. The van der Waals surface area contributed by atoms with E-state index in [0.29, 0.717) is 11.5 Å². The van der Waals surface area contributed by atoms with E-state index in [1.807, 2.05) is 0 Å². The summed E-state index contributed by atoms with van der Waals surface area (Å²) < 4.78 is 5.58. The van der Waals surface area contributed by atoms with Gasteiger partial charge < -0.3 is 31.1 Å². The zero-order valence-corrected chi connectivity index (χ0v) is 18.0. The molecule has 2 aromatic rings. The van der Waals surface area contributed by atoms with Gasteiger partial charge in [0, 0.05) is 11.6 Å². The molecule has 7 nitrogen and oxygen atoms in total. The number of amides is 1. The summed E-state index contributed by atoms with van der Waals surface area (Å²) in [5, 5.41) is 20.9. The van der Waals surface area contributed by atoms with Crippen LogP contribution >= 0.6 is 0 Å². The summed E-state index contributed by atoms with van der Waals surface area (Å²) in [6.45, 7) is 0. The zero-order chi connectivity index (χ0) is 16.8. The molecule has 0 saturated carbocycles. The molecule has 0 aliphatic rings. The molecule has 0 aliphatic carbocycles. The number of nitrogens with one attached hydrogen (secondary N) is 1. The van der Waals surface area contributed by atoms with Gasteiger partial charge in [0.1, 0.15) is 11.5 Å². The summed E-state index contributed by atoms with van der Waals surface area (Å²) in [6, 6.07) is 11.8. The number of hydroxylamine groups is 1. The predicted molar refractivity (Wildman–Crippen MR) is 80.5 cm³/mol. The zero-order valence-electron chi connectivity index (χ0n) is 14.0. The van der Waals surface area contributed by atoms with Gasteiger partial charge >= 0.3 is 59.1 Å². The second kappa shape index (κ2) is 11.7. The Labute approximate surface area is 189 Å². The Morgan fingerprint density at radius 3 is 1.92 bits per heavy atom. The molecule has 0 heterocycles. The second-order valence-corrected chi connectivity index (χ2v) is 4.83. The fourth-order valence-corrected chi connectivity index (χ4v) is 1.90. The third kappa shape index (κ3) is 7.47. The van der Waals surface area contributed by atoms with E-state index in [-0.39, 0.29) is 71.1 Å². The molecule has 2 aromatic carbocycles. The maximum absolute atomic E-state index is 11.1. The van der Waals surface area contributed by atoms with Crippen LogP contribution in [0.4, 0.5) is 0 Å². The van der Waals surface area contributed by atoms with E-state index < -0.39 is 17.9 Å². The summed E-state index contributed by atoms with van der Waals surface area (Å²) in [7, 11) is 0. The van der Waals surface area contributed by atoms with Crippen LogP contribution in [-0.4, -0.2) is 17.9 Å². The van der Waals surface area contributed by atoms with E-state index in [1.54, 1.807) is 36.4 Å². The number of carbonyl (C=O) groups is 2. The van der Waals surface area contributed by atoms with Crippen molar-refractivity contribution in [3.63, 3.8) is 0 Å². The number of carboxylic acid groups (broad SMARTS) is 1. The van der Waals surface area contributed by atoms with Gasteiger partial charge in [-0.15, -0.1) is 0 Å². The first-order chi connectivity index (χ1) is 11.0. The van der Waals surface area contributed by atoms with Gasteiger partial charge in [0.15, 0.2) is 0 Å². The van der Waals surface area contributed by atoms with Crippen molar-refractivity contribution in [1.29, 1.82) is 0 Å². The van der Waals surface area contributed by atoms with Gasteiger partial charge in [0.05, 0.1) is 5.97 Å². The number of benzene rings is 2. The molecule has 9 heteroatoms. The Morgan fingerprint density at radius 1 is 1.00 bits per heavy atom. The molecule has 0 spiro atoms. The molecule has 1 amide bonds. The molecule has 0 radical (unpaired) electrons. The average molecular weight is 360 g/mol. The van der Waals surface area contributed by atoms with Gasteiger partial charge in [-0.1, -0.05) is 12.1 Å². The van der Waals surface area contributed by atoms with Crippen LogP contribution in [0.3, 0.4) is 0 Å². The standard InChI is InChI=1S/C16H15N2O5.2Na/c17-14(16(20)21)9-10-1-5-12(6-2-10)23-13-7-3-11(4-8-13)15(19)18-22;;/h1-8,14H,9,17H2,(H2-,18,19,20,21,22);;/q-1;2*+1/p-1. The predicted octanol–water partition coefficient (Wildman–Crippen LogP) is -5.67. The first kappa shape index (κ1) is 24.1. The second-order valence-electron chi connectivity index (χ2n) is 4.83. The average Bonchev–Trinajstić information content (AvgIpc) is 2.56. The van der Waals surface area contributed by atoms with E-state index in [2.05, 4.69) is 0 Å². The molecule has 0 saturated heterocycles. The number of ether oxygens (including phenoxy) is 1. The molecule has 1 unspecified atom stereocenters. The van der Waals surface area contributed by atoms with E-state index in [0.717, 1.165) is 5.56 Å². The number of carboxylic acids is 1. The molecule has 120 valence electrons. The minimum atomic E-state index is -1.30. The van der Waals surface area contributed by atoms with Crippen molar-refractivity contribution in [2.24, 2.45) is 5.73 Å². The van der Waals surface area contributed by atoms with Crippen molar-refractivity contribution in [2.75, 3.05) is 0 Å². The minimum absolute atomic E-state index is 0. The number of hydrogen-bond acceptors (Lipinski definition) is 6. The molecule has 0 fully saturated rings. The van der Waals surface area contributed by atoms with Crippen molar-refractivity contribution in [3.05, 3.63) is 64.9 Å². The smallest absolute Gasteiger partial charge is 0.759 e. The van der Waals surface area contributed by atoms with Crippen LogP contribution in [0.1, 0.15) is 15.9 Å². The summed E-state index contributed by atoms with van der Waals surface area (Å²) in [5.41, 5.74) is 7.69. The molecule has 0 aliphatic heterocycles. The van der Waals surface area contributed by atoms with Crippen LogP contribution in [0.5, 0.6) is 11.5 Å². The van der Waals surface area contributed by atoms with E-state index in [9.17, 15) is 19.9 Å². The van der Waals surface area contributed by atoms with Crippen molar-refractivity contribution in [2.45, 2.75) is 12.5 Å². The van der Waals surface area contributed by atoms with Gasteiger partial charge in [0.25, 0.3) is 0 Å². The van der Waals surface area contributed by atoms with Crippen LogP contribution in [0, 0.1) is 5.21 Å². The molecular weight excluding hydrogens is 346 g/mol. The summed E-state index contributed by atoms with van der Waals surface area (Å²) >= 11 is 0. The van der Waals surface area contributed by atoms with Gasteiger partial charge in [-0.25, -0.2) is 0 Å². The van der Waals surface area contributed by atoms with Crippen molar-refractivity contribution >= 4 is 11.9 Å². The van der Waals surface area contributed by atoms with Crippen LogP contribution in [0.2, 0.25) is 0 Å². The van der Waals surface area contributed by atoms with Gasteiger partial charge in [-0.2, -0.15) is 0 Å². The number of aliphatic carboxylic acids is 1. The Morgan fingerprint density at radius 2 is 1.48 bits per heavy atom. The number of hydrogen-bond donors (Lipinski definition) is 2.